The second-order valence-corrected chi connectivity index (χ2v) is 5.65. The number of nitrogen functional groups attached to an aromatic ring is 1. The molecule has 1 aliphatic heterocycles. The zero-order chi connectivity index (χ0) is 16.8. The van der Waals surface area contributed by atoms with Crippen LogP contribution in [0.1, 0.15) is 23.2 Å². The molecule has 0 bridgehead atoms. The Balaban J connectivity index is 1.64. The van der Waals surface area contributed by atoms with E-state index in [9.17, 15) is 9.18 Å². The van der Waals surface area contributed by atoms with E-state index in [0.29, 0.717) is 23.6 Å². The molecule has 0 fully saturated rings. The summed E-state index contributed by atoms with van der Waals surface area (Å²) in [6, 6.07) is 0. The van der Waals surface area contributed by atoms with Gasteiger partial charge in [0.05, 0.1) is 18.1 Å². The van der Waals surface area contributed by atoms with Crippen molar-refractivity contribution in [2.45, 2.75) is 12.8 Å². The van der Waals surface area contributed by atoms with Gasteiger partial charge in [-0.05, 0) is 18.9 Å². The number of hydrazine groups is 2. The zero-order valence-corrected chi connectivity index (χ0v) is 12.8. The molecule has 9 nitrogen and oxygen atoms in total. The molecule has 2 aromatic heterocycles. The molecule has 0 atom stereocenters. The largest absolute Gasteiger partial charge is 0.381 e. The van der Waals surface area contributed by atoms with E-state index in [4.69, 9.17) is 22.2 Å². The minimum atomic E-state index is -0.792. The van der Waals surface area contributed by atoms with Crippen LogP contribution in [0.3, 0.4) is 0 Å². The number of halogens is 2. The van der Waals surface area contributed by atoms with Crippen molar-refractivity contribution in [3.05, 3.63) is 46.3 Å². The van der Waals surface area contributed by atoms with Crippen LogP contribution in [0.25, 0.3) is 5.65 Å². The lowest BCUT2D eigenvalue weighted by Gasteiger charge is -2.18. The molecule has 0 spiro atoms. The fourth-order valence-corrected chi connectivity index (χ4v) is 2.69. The molecule has 124 valence electrons. The van der Waals surface area contributed by atoms with Crippen molar-refractivity contribution in [1.29, 1.82) is 0 Å². The summed E-state index contributed by atoms with van der Waals surface area (Å²) in [5, 5.41) is 5.65. The molecular formula is C13H11ClFN7O2. The summed E-state index contributed by atoms with van der Waals surface area (Å²) in [4.78, 5) is 21.6. The van der Waals surface area contributed by atoms with Crippen LogP contribution in [0.5, 0.6) is 0 Å². The van der Waals surface area contributed by atoms with Crippen LogP contribution >= 0.6 is 11.6 Å². The summed E-state index contributed by atoms with van der Waals surface area (Å²) < 4.78 is 14.3. The number of nitrogens with zero attached hydrogens (tertiary/aromatic N) is 4. The van der Waals surface area contributed by atoms with Crippen molar-refractivity contribution in [3.63, 3.8) is 0 Å². The van der Waals surface area contributed by atoms with Gasteiger partial charge in [0.2, 0.25) is 0 Å². The smallest absolute Gasteiger partial charge is 0.372 e. The van der Waals surface area contributed by atoms with E-state index < -0.39 is 11.8 Å². The summed E-state index contributed by atoms with van der Waals surface area (Å²) in [6.07, 6.45) is 5.11. The van der Waals surface area contributed by atoms with Crippen LogP contribution in [0, 0.1) is 5.82 Å². The first-order valence-electron chi connectivity index (χ1n) is 6.95. The van der Waals surface area contributed by atoms with E-state index >= 15 is 0 Å². The van der Waals surface area contributed by atoms with Crippen molar-refractivity contribution < 1.29 is 14.0 Å². The lowest BCUT2D eigenvalue weighted by atomic mass is 10.1. The van der Waals surface area contributed by atoms with Gasteiger partial charge in [0.1, 0.15) is 5.70 Å². The van der Waals surface area contributed by atoms with Gasteiger partial charge in [0, 0.05) is 5.03 Å². The molecule has 1 aliphatic carbocycles. The van der Waals surface area contributed by atoms with Crippen molar-refractivity contribution in [3.8, 4) is 0 Å². The topological polar surface area (TPSA) is 110 Å². The van der Waals surface area contributed by atoms with Gasteiger partial charge in [-0.2, -0.15) is 0 Å². The average molecular weight is 352 g/mol. The van der Waals surface area contributed by atoms with Gasteiger partial charge in [-0.15, -0.1) is 15.8 Å². The number of fused-ring (bicyclic) bond motifs is 1. The van der Waals surface area contributed by atoms with Crippen LogP contribution in [0.2, 0.25) is 0 Å². The molecular weight excluding hydrogens is 341 g/mol. The second kappa shape index (κ2) is 5.35. The molecule has 2 aromatic rings. The van der Waals surface area contributed by atoms with E-state index in [-0.39, 0.29) is 17.0 Å². The number of hydrogen-bond donors (Lipinski definition) is 3. The van der Waals surface area contributed by atoms with Gasteiger partial charge in [-0.25, -0.2) is 18.7 Å². The van der Waals surface area contributed by atoms with Gasteiger partial charge in [0.25, 0.3) is 0 Å². The number of hydrogen-bond acceptors (Lipinski definition) is 8. The predicted molar refractivity (Wildman–Crippen MR) is 81.1 cm³/mol. The predicted octanol–water partition coefficient (Wildman–Crippen LogP) is 0.975. The first kappa shape index (κ1) is 14.7. The minimum absolute atomic E-state index is 0.0586. The first-order chi connectivity index (χ1) is 11.5. The fourth-order valence-electron chi connectivity index (χ4n) is 2.49. The third-order valence-electron chi connectivity index (χ3n) is 3.59. The molecule has 2 aliphatic rings. The van der Waals surface area contributed by atoms with Crippen molar-refractivity contribution in [1.82, 2.24) is 30.7 Å². The summed E-state index contributed by atoms with van der Waals surface area (Å²) >= 11 is 6.03. The number of nitrogens with two attached hydrogens (primary N) is 1. The number of allylic oxidation sites excluding steroid dienone is 3. The summed E-state index contributed by atoms with van der Waals surface area (Å²) in [5.41, 5.74) is 12.8. The fraction of sp³-hybridized carbons (Fsp3) is 0.154. The third-order valence-corrected chi connectivity index (χ3v) is 3.89. The molecule has 24 heavy (non-hydrogen) atoms. The van der Waals surface area contributed by atoms with E-state index in [0.717, 1.165) is 27.8 Å². The van der Waals surface area contributed by atoms with E-state index in [1.54, 1.807) is 6.08 Å². The lowest BCUT2D eigenvalue weighted by Crippen LogP contribution is -2.39. The highest BCUT2D eigenvalue weighted by molar-refractivity contribution is 6.29. The van der Waals surface area contributed by atoms with Gasteiger partial charge in [-0.3, -0.25) is 0 Å². The van der Waals surface area contributed by atoms with Gasteiger partial charge in [-0.1, -0.05) is 11.6 Å². The SMILES string of the molecule is Nc1nn2cc(F)cnc2c1C(=O)ON1NNC2=C1C=C(Cl)CC2. The van der Waals surface area contributed by atoms with E-state index in [1.807, 2.05) is 0 Å². The highest BCUT2D eigenvalue weighted by Gasteiger charge is 2.30. The van der Waals surface area contributed by atoms with Crippen LogP contribution in [0.4, 0.5) is 10.2 Å². The Morgan fingerprint density at radius 2 is 2.29 bits per heavy atom. The molecule has 0 radical (unpaired) electrons. The molecule has 0 saturated carbocycles. The molecule has 0 aromatic carbocycles. The maximum absolute atomic E-state index is 13.2. The lowest BCUT2D eigenvalue weighted by molar-refractivity contribution is -0.113. The molecule has 0 amide bonds. The Morgan fingerprint density at radius 3 is 3.12 bits per heavy atom. The second-order valence-electron chi connectivity index (χ2n) is 5.17. The van der Waals surface area contributed by atoms with Gasteiger partial charge < -0.3 is 16.0 Å². The Morgan fingerprint density at radius 1 is 1.46 bits per heavy atom. The number of rotatable bonds is 2. The Labute approximate surface area is 139 Å². The number of hydroxylamine groups is 1. The number of carbonyl (C=O) groups is 1. The van der Waals surface area contributed by atoms with Crippen LogP contribution in [-0.4, -0.2) is 25.7 Å². The normalized spacial score (nSPS) is 16.9. The van der Waals surface area contributed by atoms with Crippen molar-refractivity contribution in [2.24, 2.45) is 0 Å². The molecule has 3 heterocycles. The minimum Gasteiger partial charge on any atom is -0.381 e. The monoisotopic (exact) mass is 351 g/mol. The quantitative estimate of drug-likeness (QED) is 0.734. The average Bonchev–Trinajstić information content (AvgIpc) is 3.07. The number of carbonyl (C=O) groups excluding carboxylic acids is 1. The number of anilines is 1. The highest BCUT2D eigenvalue weighted by Crippen LogP contribution is 2.29. The Hall–Kier alpha value is -2.85. The molecule has 4 rings (SSSR count). The van der Waals surface area contributed by atoms with E-state index in [2.05, 4.69) is 21.0 Å². The maximum atomic E-state index is 13.2. The van der Waals surface area contributed by atoms with Crippen molar-refractivity contribution in [2.75, 3.05) is 5.73 Å². The highest BCUT2D eigenvalue weighted by atomic mass is 35.5. The third kappa shape index (κ3) is 2.32. The number of nitrogens with one attached hydrogen (secondary N) is 2. The Bertz CT molecular complexity index is 922. The van der Waals surface area contributed by atoms with Crippen LogP contribution in [-0.2, 0) is 4.84 Å². The standard InChI is InChI=1S/C13H11ClFN7O2/c14-6-1-2-8-9(3-6)22(20-18-8)24-13(23)10-11(16)19-21-5-7(15)4-17-12(10)21/h3-5,18,20H,1-2H2,(H2,16,19). The van der Waals surface area contributed by atoms with Crippen molar-refractivity contribution >= 4 is 29.0 Å². The van der Waals surface area contributed by atoms with Gasteiger partial charge in [0.15, 0.2) is 22.8 Å². The summed E-state index contributed by atoms with van der Waals surface area (Å²) in [6.45, 7) is 0. The zero-order valence-electron chi connectivity index (χ0n) is 12.1. The first-order valence-corrected chi connectivity index (χ1v) is 7.33. The molecule has 4 N–H and O–H groups in total. The molecule has 0 saturated heterocycles. The van der Waals surface area contributed by atoms with E-state index in [1.165, 1.54) is 0 Å². The Kier molecular flexibility index (Phi) is 3.28. The molecule has 0 unspecified atom stereocenters. The van der Waals surface area contributed by atoms with Gasteiger partial charge >= 0.3 is 5.97 Å². The molecule has 11 heteroatoms. The summed E-state index contributed by atoms with van der Waals surface area (Å²) in [7, 11) is 0. The van der Waals surface area contributed by atoms with Crippen LogP contribution in [0.15, 0.2) is 34.9 Å². The summed E-state index contributed by atoms with van der Waals surface area (Å²) in [5.74, 6) is -1.51. The number of aromatic nitrogens is 3. The maximum Gasteiger partial charge on any atom is 0.372 e. The van der Waals surface area contributed by atoms with Crippen LogP contribution < -0.4 is 16.7 Å².